The van der Waals surface area contributed by atoms with E-state index in [9.17, 15) is 0 Å². The molecule has 0 radical (unpaired) electrons. The van der Waals surface area contributed by atoms with Gasteiger partial charge in [0, 0.05) is 17.0 Å². The summed E-state index contributed by atoms with van der Waals surface area (Å²) in [6, 6.07) is 1.72. The first kappa shape index (κ1) is 12.2. The van der Waals surface area contributed by atoms with Crippen LogP contribution in [0.1, 0.15) is 5.56 Å². The Balaban J connectivity index is 2.90. The van der Waals surface area contributed by atoms with Gasteiger partial charge in [0.2, 0.25) is 5.28 Å². The number of methoxy groups -OCH3 is 2. The molecule has 0 N–H and O–H groups in total. The minimum Gasteiger partial charge on any atom is -0.493 e. The van der Waals surface area contributed by atoms with Crippen molar-refractivity contribution in [1.82, 2.24) is 9.97 Å². The predicted molar refractivity (Wildman–Crippen MR) is 67.4 cm³/mol. The van der Waals surface area contributed by atoms with E-state index in [0.29, 0.717) is 27.6 Å². The average molecular weight is 273 g/mol. The molecule has 0 saturated carbocycles. The van der Waals surface area contributed by atoms with Crippen LogP contribution in [-0.2, 0) is 0 Å². The fourth-order valence-electron chi connectivity index (χ4n) is 1.77. The van der Waals surface area contributed by atoms with E-state index in [2.05, 4.69) is 9.97 Å². The Morgan fingerprint density at radius 2 is 1.82 bits per heavy atom. The van der Waals surface area contributed by atoms with E-state index in [1.165, 1.54) is 0 Å². The lowest BCUT2D eigenvalue weighted by Crippen LogP contribution is -1.97. The molecular formula is C11H10Cl2N2O2. The third-order valence-corrected chi connectivity index (χ3v) is 2.94. The van der Waals surface area contributed by atoms with E-state index < -0.39 is 0 Å². The van der Waals surface area contributed by atoms with Crippen LogP contribution in [0.25, 0.3) is 10.9 Å². The van der Waals surface area contributed by atoms with E-state index in [0.717, 1.165) is 5.56 Å². The summed E-state index contributed by atoms with van der Waals surface area (Å²) in [5.74, 6) is 1.20. The molecule has 2 aromatic rings. The maximum Gasteiger partial charge on any atom is 0.224 e. The smallest absolute Gasteiger partial charge is 0.224 e. The summed E-state index contributed by atoms with van der Waals surface area (Å²) in [5.41, 5.74) is 1.45. The predicted octanol–water partition coefficient (Wildman–Crippen LogP) is 3.26. The number of aryl methyl sites for hydroxylation is 1. The number of hydrogen-bond acceptors (Lipinski definition) is 4. The second-order valence-corrected chi connectivity index (χ2v) is 4.11. The summed E-state index contributed by atoms with van der Waals surface area (Å²) in [6.45, 7) is 1.87. The number of halogens is 2. The molecular weight excluding hydrogens is 263 g/mol. The third-order valence-electron chi connectivity index (χ3n) is 2.50. The SMILES string of the molecule is COc1cc2nc(Cl)nc(Cl)c2c(C)c1OC. The van der Waals surface area contributed by atoms with Crippen molar-refractivity contribution >= 4 is 34.1 Å². The van der Waals surface area contributed by atoms with Crippen LogP contribution in [0.5, 0.6) is 11.5 Å². The minimum atomic E-state index is 0.106. The topological polar surface area (TPSA) is 44.2 Å². The highest BCUT2D eigenvalue weighted by Gasteiger charge is 2.16. The lowest BCUT2D eigenvalue weighted by molar-refractivity contribution is 0.354. The molecule has 0 atom stereocenters. The molecule has 90 valence electrons. The first-order chi connectivity index (χ1) is 8.08. The van der Waals surface area contributed by atoms with Crippen molar-refractivity contribution in [3.63, 3.8) is 0 Å². The van der Waals surface area contributed by atoms with Crippen molar-refractivity contribution in [2.75, 3.05) is 14.2 Å². The van der Waals surface area contributed by atoms with Gasteiger partial charge in [0.1, 0.15) is 5.15 Å². The highest BCUT2D eigenvalue weighted by Crippen LogP contribution is 2.38. The zero-order valence-electron chi connectivity index (χ0n) is 9.54. The van der Waals surface area contributed by atoms with Crippen molar-refractivity contribution < 1.29 is 9.47 Å². The molecule has 0 aliphatic carbocycles. The molecule has 1 heterocycles. The first-order valence-corrected chi connectivity index (χ1v) is 5.58. The van der Waals surface area contributed by atoms with Gasteiger partial charge in [-0.25, -0.2) is 9.97 Å². The van der Waals surface area contributed by atoms with Gasteiger partial charge < -0.3 is 9.47 Å². The van der Waals surface area contributed by atoms with Gasteiger partial charge in [0.15, 0.2) is 11.5 Å². The molecule has 1 aromatic heterocycles. The number of ether oxygens (including phenoxy) is 2. The summed E-state index contributed by atoms with van der Waals surface area (Å²) in [4.78, 5) is 8.03. The van der Waals surface area contributed by atoms with Gasteiger partial charge in [-0.3, -0.25) is 0 Å². The zero-order chi connectivity index (χ0) is 12.6. The van der Waals surface area contributed by atoms with E-state index in [4.69, 9.17) is 32.7 Å². The standard InChI is InChI=1S/C11H10Cl2N2O2/c1-5-8-6(14-11(13)15-10(8)12)4-7(16-2)9(5)17-3/h4H,1-3H3. The van der Waals surface area contributed by atoms with Crippen molar-refractivity contribution in [3.8, 4) is 11.5 Å². The number of benzene rings is 1. The highest BCUT2D eigenvalue weighted by molar-refractivity contribution is 6.36. The van der Waals surface area contributed by atoms with Crippen LogP contribution >= 0.6 is 23.2 Å². The lowest BCUT2D eigenvalue weighted by Gasteiger charge is -2.13. The summed E-state index contributed by atoms with van der Waals surface area (Å²) < 4.78 is 10.5. The summed E-state index contributed by atoms with van der Waals surface area (Å²) in [7, 11) is 3.13. The van der Waals surface area contributed by atoms with Gasteiger partial charge in [-0.05, 0) is 18.5 Å². The highest BCUT2D eigenvalue weighted by atomic mass is 35.5. The normalized spacial score (nSPS) is 10.6. The van der Waals surface area contributed by atoms with Crippen LogP contribution in [-0.4, -0.2) is 24.2 Å². The fraction of sp³-hybridized carbons (Fsp3) is 0.273. The Bertz CT molecular complexity index is 587. The first-order valence-electron chi connectivity index (χ1n) is 4.82. The molecule has 1 aromatic carbocycles. The summed E-state index contributed by atoms with van der Waals surface area (Å²) in [5, 5.41) is 1.13. The van der Waals surface area contributed by atoms with Gasteiger partial charge in [0.05, 0.1) is 19.7 Å². The quantitative estimate of drug-likeness (QED) is 0.622. The van der Waals surface area contributed by atoms with Crippen LogP contribution < -0.4 is 9.47 Å². The lowest BCUT2D eigenvalue weighted by atomic mass is 10.1. The number of fused-ring (bicyclic) bond motifs is 1. The van der Waals surface area contributed by atoms with Gasteiger partial charge in [0.25, 0.3) is 0 Å². The maximum atomic E-state index is 6.06. The molecule has 0 aliphatic rings. The summed E-state index contributed by atoms with van der Waals surface area (Å²) in [6.07, 6.45) is 0. The Morgan fingerprint density at radius 1 is 1.12 bits per heavy atom. The van der Waals surface area contributed by atoms with Crippen LogP contribution in [0, 0.1) is 6.92 Å². The van der Waals surface area contributed by atoms with Gasteiger partial charge >= 0.3 is 0 Å². The molecule has 0 unspecified atom stereocenters. The van der Waals surface area contributed by atoms with E-state index in [1.54, 1.807) is 20.3 Å². The average Bonchev–Trinajstić information content (AvgIpc) is 2.27. The Hall–Kier alpha value is -1.26. The fourth-order valence-corrected chi connectivity index (χ4v) is 2.30. The Kier molecular flexibility index (Phi) is 3.26. The second kappa shape index (κ2) is 4.55. The van der Waals surface area contributed by atoms with Crippen LogP contribution in [0.3, 0.4) is 0 Å². The summed E-state index contributed by atoms with van der Waals surface area (Å²) >= 11 is 11.8. The zero-order valence-corrected chi connectivity index (χ0v) is 11.1. The molecule has 6 heteroatoms. The number of hydrogen-bond donors (Lipinski definition) is 0. The van der Waals surface area contributed by atoms with Crippen LogP contribution in [0.4, 0.5) is 0 Å². The second-order valence-electron chi connectivity index (χ2n) is 3.41. The van der Waals surface area contributed by atoms with Crippen molar-refractivity contribution in [2.24, 2.45) is 0 Å². The molecule has 0 fully saturated rings. The van der Waals surface area contributed by atoms with Gasteiger partial charge in [-0.1, -0.05) is 11.6 Å². The van der Waals surface area contributed by atoms with Crippen LogP contribution in [0.2, 0.25) is 10.4 Å². The minimum absolute atomic E-state index is 0.106. The Labute approximate surface area is 108 Å². The largest absolute Gasteiger partial charge is 0.493 e. The molecule has 0 amide bonds. The molecule has 0 aliphatic heterocycles. The monoisotopic (exact) mass is 272 g/mol. The molecule has 0 bridgehead atoms. The maximum absolute atomic E-state index is 6.06. The number of aromatic nitrogens is 2. The van der Waals surface area contributed by atoms with Crippen molar-refractivity contribution in [3.05, 3.63) is 22.1 Å². The van der Waals surface area contributed by atoms with E-state index in [-0.39, 0.29) is 5.28 Å². The molecule has 4 nitrogen and oxygen atoms in total. The molecule has 17 heavy (non-hydrogen) atoms. The third kappa shape index (κ3) is 1.98. The number of rotatable bonds is 2. The van der Waals surface area contributed by atoms with Crippen molar-refractivity contribution in [1.29, 1.82) is 0 Å². The number of nitrogens with zero attached hydrogens (tertiary/aromatic N) is 2. The molecule has 0 saturated heterocycles. The van der Waals surface area contributed by atoms with Gasteiger partial charge in [-0.2, -0.15) is 0 Å². The van der Waals surface area contributed by atoms with E-state index in [1.807, 2.05) is 6.92 Å². The van der Waals surface area contributed by atoms with Gasteiger partial charge in [-0.15, -0.1) is 0 Å². The van der Waals surface area contributed by atoms with E-state index >= 15 is 0 Å². The molecule has 2 rings (SSSR count). The van der Waals surface area contributed by atoms with Crippen molar-refractivity contribution in [2.45, 2.75) is 6.92 Å². The Morgan fingerprint density at radius 3 is 2.41 bits per heavy atom. The van der Waals surface area contributed by atoms with Crippen LogP contribution in [0.15, 0.2) is 6.07 Å². The molecule has 0 spiro atoms.